The fraction of sp³-hybridized carbons (Fsp3) is 0.438. The fourth-order valence-electron chi connectivity index (χ4n) is 2.81. The summed E-state index contributed by atoms with van der Waals surface area (Å²) in [6.07, 6.45) is 6.21. The molecule has 5 nitrogen and oxygen atoms in total. The fourth-order valence-corrected chi connectivity index (χ4v) is 3.19. The van der Waals surface area contributed by atoms with Gasteiger partial charge in [0, 0.05) is 11.1 Å². The van der Waals surface area contributed by atoms with Gasteiger partial charge in [-0.1, -0.05) is 30.9 Å². The average molecular weight is 350 g/mol. The molecule has 1 heterocycles. The second kappa shape index (κ2) is 7.27. The molecule has 1 aliphatic rings. The molecule has 0 atom stereocenters. The summed E-state index contributed by atoms with van der Waals surface area (Å²) >= 11 is 11.3. The molecule has 23 heavy (non-hydrogen) atoms. The number of nitrogens with one attached hydrogen (secondary N) is 3. The maximum Gasteiger partial charge on any atom is 0.187 e. The summed E-state index contributed by atoms with van der Waals surface area (Å²) in [6.45, 7) is 1.88. The number of imidazole rings is 1. The highest BCUT2D eigenvalue weighted by molar-refractivity contribution is 7.80. The van der Waals surface area contributed by atoms with E-state index in [4.69, 9.17) is 23.8 Å². The molecular formula is C16H20ClN5S. The van der Waals surface area contributed by atoms with Crippen molar-refractivity contribution in [2.24, 2.45) is 5.10 Å². The number of hydrazone groups is 1. The van der Waals surface area contributed by atoms with Gasteiger partial charge in [-0.25, -0.2) is 4.98 Å². The van der Waals surface area contributed by atoms with Gasteiger partial charge in [0.25, 0.3) is 0 Å². The van der Waals surface area contributed by atoms with E-state index in [1.807, 2.05) is 25.1 Å². The topological polar surface area (TPSA) is 65.1 Å². The number of hydrogen-bond donors (Lipinski definition) is 3. The van der Waals surface area contributed by atoms with Crippen molar-refractivity contribution in [2.45, 2.75) is 45.1 Å². The molecule has 0 bridgehead atoms. The van der Waals surface area contributed by atoms with E-state index in [2.05, 4.69) is 25.8 Å². The first kappa shape index (κ1) is 16.2. The minimum atomic E-state index is 0.465. The minimum Gasteiger partial charge on any atom is -0.359 e. The summed E-state index contributed by atoms with van der Waals surface area (Å²) in [5.41, 5.74) is 5.40. The molecule has 1 aromatic heterocycles. The summed E-state index contributed by atoms with van der Waals surface area (Å²) in [5, 5.41) is 8.88. The molecule has 0 unspecified atom stereocenters. The number of aromatic nitrogens is 2. The van der Waals surface area contributed by atoms with E-state index in [0.29, 0.717) is 22.0 Å². The molecule has 1 saturated carbocycles. The Hall–Kier alpha value is -1.66. The number of thiocarbonyl (C=S) groups is 1. The van der Waals surface area contributed by atoms with Crippen molar-refractivity contribution in [3.05, 3.63) is 29.0 Å². The second-order valence-corrected chi connectivity index (χ2v) is 6.71. The standard InChI is InChI=1S/C16H20ClN5S/c1-10(15-19-13-8-7-11(17)9-14(13)20-15)21-22-16(23)18-12-5-3-2-4-6-12/h7-9,12H,2-6H2,1H3,(H,19,20)(H2,18,22,23)/b21-10+. The Morgan fingerprint density at radius 1 is 1.35 bits per heavy atom. The zero-order valence-corrected chi connectivity index (χ0v) is 14.6. The van der Waals surface area contributed by atoms with Gasteiger partial charge in [-0.15, -0.1) is 0 Å². The Morgan fingerprint density at radius 2 is 2.13 bits per heavy atom. The Bertz CT molecular complexity index is 733. The van der Waals surface area contributed by atoms with Crippen LogP contribution in [-0.4, -0.2) is 26.8 Å². The zero-order valence-electron chi connectivity index (χ0n) is 13.0. The van der Waals surface area contributed by atoms with Crippen molar-refractivity contribution in [2.75, 3.05) is 0 Å². The van der Waals surface area contributed by atoms with Crippen LogP contribution in [0, 0.1) is 0 Å². The molecule has 3 rings (SSSR count). The van der Waals surface area contributed by atoms with Gasteiger partial charge in [0.15, 0.2) is 10.9 Å². The van der Waals surface area contributed by atoms with Crippen molar-refractivity contribution >= 4 is 45.7 Å². The SMILES string of the molecule is C/C(=N\NC(=S)NC1CCCCC1)c1nc2ccc(Cl)cc2[nH]1. The molecular weight excluding hydrogens is 330 g/mol. The molecule has 3 N–H and O–H groups in total. The van der Waals surface area contributed by atoms with Crippen molar-refractivity contribution in [1.82, 2.24) is 20.7 Å². The smallest absolute Gasteiger partial charge is 0.187 e. The van der Waals surface area contributed by atoms with Gasteiger partial charge in [-0.2, -0.15) is 5.10 Å². The van der Waals surface area contributed by atoms with Gasteiger partial charge >= 0.3 is 0 Å². The number of rotatable bonds is 3. The lowest BCUT2D eigenvalue weighted by Gasteiger charge is -2.23. The Morgan fingerprint density at radius 3 is 2.91 bits per heavy atom. The summed E-state index contributed by atoms with van der Waals surface area (Å²) < 4.78 is 0. The summed E-state index contributed by atoms with van der Waals surface area (Å²) in [6, 6.07) is 6.02. The number of aromatic amines is 1. The van der Waals surface area contributed by atoms with Crippen LogP contribution in [0.15, 0.2) is 23.3 Å². The largest absolute Gasteiger partial charge is 0.359 e. The predicted molar refractivity (Wildman–Crippen MR) is 99.1 cm³/mol. The lowest BCUT2D eigenvalue weighted by atomic mass is 9.96. The molecule has 0 amide bonds. The van der Waals surface area contributed by atoms with Crippen LogP contribution in [0.3, 0.4) is 0 Å². The van der Waals surface area contributed by atoms with E-state index in [0.717, 1.165) is 16.7 Å². The minimum absolute atomic E-state index is 0.465. The van der Waals surface area contributed by atoms with E-state index in [9.17, 15) is 0 Å². The molecule has 2 aromatic rings. The second-order valence-electron chi connectivity index (χ2n) is 5.86. The summed E-state index contributed by atoms with van der Waals surface area (Å²) in [7, 11) is 0. The maximum atomic E-state index is 5.99. The van der Waals surface area contributed by atoms with Crippen LogP contribution in [0.5, 0.6) is 0 Å². The van der Waals surface area contributed by atoms with Gasteiger partial charge in [0.1, 0.15) is 5.71 Å². The van der Waals surface area contributed by atoms with Gasteiger partial charge in [0.05, 0.1) is 11.0 Å². The molecule has 0 saturated heterocycles. The predicted octanol–water partition coefficient (Wildman–Crippen LogP) is 3.74. The third-order valence-corrected chi connectivity index (χ3v) is 4.50. The van der Waals surface area contributed by atoms with Crippen LogP contribution in [0.4, 0.5) is 0 Å². The van der Waals surface area contributed by atoms with Crippen LogP contribution in [0.1, 0.15) is 44.9 Å². The van der Waals surface area contributed by atoms with E-state index in [1.54, 1.807) is 0 Å². The molecule has 7 heteroatoms. The number of halogens is 1. The van der Waals surface area contributed by atoms with Gasteiger partial charge in [-0.05, 0) is 50.2 Å². The highest BCUT2D eigenvalue weighted by Gasteiger charge is 2.13. The van der Waals surface area contributed by atoms with Crippen LogP contribution < -0.4 is 10.7 Å². The summed E-state index contributed by atoms with van der Waals surface area (Å²) in [5.74, 6) is 0.704. The van der Waals surface area contributed by atoms with E-state index >= 15 is 0 Å². The lowest BCUT2D eigenvalue weighted by Crippen LogP contribution is -2.41. The van der Waals surface area contributed by atoms with Gasteiger partial charge in [-0.3, -0.25) is 5.43 Å². The Kier molecular flexibility index (Phi) is 5.13. The maximum absolute atomic E-state index is 5.99. The van der Waals surface area contributed by atoms with E-state index in [1.165, 1.54) is 32.1 Å². The first-order valence-corrected chi connectivity index (χ1v) is 8.67. The highest BCUT2D eigenvalue weighted by atomic mass is 35.5. The first-order chi connectivity index (χ1) is 11.1. The zero-order chi connectivity index (χ0) is 16.2. The van der Waals surface area contributed by atoms with Crippen molar-refractivity contribution < 1.29 is 0 Å². The van der Waals surface area contributed by atoms with Crippen LogP contribution in [0.2, 0.25) is 5.02 Å². The van der Waals surface area contributed by atoms with E-state index in [-0.39, 0.29) is 0 Å². The Balaban J connectivity index is 1.62. The average Bonchev–Trinajstić information content (AvgIpc) is 2.96. The molecule has 1 fully saturated rings. The number of hydrogen-bond acceptors (Lipinski definition) is 3. The van der Waals surface area contributed by atoms with Crippen molar-refractivity contribution in [3.8, 4) is 0 Å². The van der Waals surface area contributed by atoms with Crippen LogP contribution in [-0.2, 0) is 0 Å². The molecule has 0 spiro atoms. The third kappa shape index (κ3) is 4.20. The highest BCUT2D eigenvalue weighted by Crippen LogP contribution is 2.18. The van der Waals surface area contributed by atoms with Crippen LogP contribution >= 0.6 is 23.8 Å². The number of nitrogens with zero attached hydrogens (tertiary/aromatic N) is 2. The Labute approximate surface area is 145 Å². The quantitative estimate of drug-likeness (QED) is 0.448. The van der Waals surface area contributed by atoms with Crippen molar-refractivity contribution in [1.29, 1.82) is 0 Å². The molecule has 122 valence electrons. The lowest BCUT2D eigenvalue weighted by molar-refractivity contribution is 0.412. The molecule has 0 aliphatic heterocycles. The normalized spacial score (nSPS) is 16.5. The monoisotopic (exact) mass is 349 g/mol. The van der Waals surface area contributed by atoms with Crippen LogP contribution in [0.25, 0.3) is 11.0 Å². The molecule has 1 aliphatic carbocycles. The molecule has 0 radical (unpaired) electrons. The third-order valence-electron chi connectivity index (χ3n) is 4.05. The van der Waals surface area contributed by atoms with E-state index < -0.39 is 0 Å². The van der Waals surface area contributed by atoms with Gasteiger partial charge in [0.2, 0.25) is 0 Å². The summed E-state index contributed by atoms with van der Waals surface area (Å²) in [4.78, 5) is 7.71. The number of H-pyrrole nitrogens is 1. The van der Waals surface area contributed by atoms with Crippen molar-refractivity contribution in [3.63, 3.8) is 0 Å². The molecule has 1 aromatic carbocycles. The van der Waals surface area contributed by atoms with Gasteiger partial charge < -0.3 is 10.3 Å². The number of fused-ring (bicyclic) bond motifs is 1. The first-order valence-electron chi connectivity index (χ1n) is 7.88. The number of benzene rings is 1.